The van der Waals surface area contributed by atoms with Crippen LogP contribution in [0.25, 0.3) is 11.2 Å². The van der Waals surface area contributed by atoms with Gasteiger partial charge in [-0.25, -0.2) is 19.3 Å². The van der Waals surface area contributed by atoms with Crippen LogP contribution in [0.5, 0.6) is 0 Å². The predicted molar refractivity (Wildman–Crippen MR) is 72.5 cm³/mol. The molecule has 0 aromatic carbocycles. The van der Waals surface area contributed by atoms with Crippen LogP contribution in [0.1, 0.15) is 25.5 Å². The number of nitrogens with zero attached hydrogens (tertiary/aromatic N) is 4. The third kappa shape index (κ3) is 2.24. The Kier molecular flexibility index (Phi) is 3.00. The summed E-state index contributed by atoms with van der Waals surface area (Å²) in [5, 5.41) is 12.4. The van der Waals surface area contributed by atoms with Crippen molar-refractivity contribution in [3.05, 3.63) is 12.7 Å². The summed E-state index contributed by atoms with van der Waals surface area (Å²) in [7, 11) is 0. The Labute approximate surface area is 120 Å². The zero-order valence-electron chi connectivity index (χ0n) is 11.3. The zero-order valence-corrected chi connectivity index (χ0v) is 11.3. The topological polar surface area (TPSA) is 85.1 Å². The Bertz CT molecular complexity index is 659. The number of hydrogen-bond acceptors (Lipinski definition) is 6. The average Bonchev–Trinajstić information content (AvgIpc) is 3.07. The SMILES string of the molecule is OCC1CC(F)C(n2cnc3c(NC4CC4)ncnc32)O1. The van der Waals surface area contributed by atoms with E-state index >= 15 is 0 Å². The molecule has 4 rings (SSSR count). The van der Waals surface area contributed by atoms with E-state index in [4.69, 9.17) is 9.84 Å². The molecule has 1 aliphatic carbocycles. The van der Waals surface area contributed by atoms with E-state index in [1.807, 2.05) is 0 Å². The second-order valence-corrected chi connectivity index (χ2v) is 5.55. The summed E-state index contributed by atoms with van der Waals surface area (Å²) in [6.45, 7) is -0.187. The van der Waals surface area contributed by atoms with Crippen LogP contribution in [0, 0.1) is 0 Å². The van der Waals surface area contributed by atoms with Crippen molar-refractivity contribution < 1.29 is 14.2 Å². The number of aromatic nitrogens is 4. The van der Waals surface area contributed by atoms with Crippen LogP contribution in [0.15, 0.2) is 12.7 Å². The molecule has 3 atom stereocenters. The summed E-state index contributed by atoms with van der Waals surface area (Å²) < 4.78 is 21.2. The molecule has 7 nitrogen and oxygen atoms in total. The molecule has 0 radical (unpaired) electrons. The Morgan fingerprint density at radius 2 is 2.24 bits per heavy atom. The molecular formula is C13H16FN5O2. The van der Waals surface area contributed by atoms with Crippen LogP contribution in [0.2, 0.25) is 0 Å². The van der Waals surface area contributed by atoms with Crippen molar-refractivity contribution >= 4 is 17.0 Å². The molecule has 1 saturated carbocycles. The maximum atomic E-state index is 14.1. The highest BCUT2D eigenvalue weighted by atomic mass is 19.1. The Hall–Kier alpha value is -1.80. The third-order valence-corrected chi connectivity index (χ3v) is 3.88. The first-order chi connectivity index (χ1) is 10.3. The summed E-state index contributed by atoms with van der Waals surface area (Å²) in [4.78, 5) is 12.7. The van der Waals surface area contributed by atoms with Gasteiger partial charge in [-0.15, -0.1) is 0 Å². The molecule has 112 valence electrons. The smallest absolute Gasteiger partial charge is 0.168 e. The van der Waals surface area contributed by atoms with Crippen LogP contribution in [-0.2, 0) is 4.74 Å². The van der Waals surface area contributed by atoms with Gasteiger partial charge in [0, 0.05) is 12.5 Å². The summed E-state index contributed by atoms with van der Waals surface area (Å²) in [6, 6.07) is 0.448. The van der Waals surface area contributed by atoms with Gasteiger partial charge in [0.1, 0.15) is 12.5 Å². The fourth-order valence-electron chi connectivity index (χ4n) is 2.63. The number of imidazole rings is 1. The minimum Gasteiger partial charge on any atom is -0.394 e. The van der Waals surface area contributed by atoms with Gasteiger partial charge in [0.05, 0.1) is 19.0 Å². The molecule has 3 unspecified atom stereocenters. The molecule has 0 amide bonds. The van der Waals surface area contributed by atoms with E-state index in [0.29, 0.717) is 23.0 Å². The number of aliphatic hydroxyl groups excluding tert-OH is 1. The first-order valence-electron chi connectivity index (χ1n) is 7.10. The van der Waals surface area contributed by atoms with Crippen LogP contribution in [0.4, 0.5) is 10.2 Å². The van der Waals surface area contributed by atoms with Crippen LogP contribution in [-0.4, -0.2) is 49.5 Å². The first kappa shape index (κ1) is 12.9. The molecule has 0 spiro atoms. The standard InChI is InChI=1S/C13H16FN5O2/c14-9-3-8(4-20)21-13(9)19-6-17-10-11(18-7-1-2-7)15-5-16-12(10)19/h5-9,13,20H,1-4H2,(H,15,16,18). The van der Waals surface area contributed by atoms with Crippen LogP contribution >= 0.6 is 0 Å². The van der Waals surface area contributed by atoms with E-state index in [9.17, 15) is 4.39 Å². The second kappa shape index (κ2) is 4.88. The minimum absolute atomic E-state index is 0.180. The van der Waals surface area contributed by atoms with Gasteiger partial charge < -0.3 is 15.2 Å². The number of halogens is 1. The fraction of sp³-hybridized carbons (Fsp3) is 0.615. The van der Waals surface area contributed by atoms with Gasteiger partial charge in [0.2, 0.25) is 0 Å². The van der Waals surface area contributed by atoms with Gasteiger partial charge >= 0.3 is 0 Å². The lowest BCUT2D eigenvalue weighted by Crippen LogP contribution is -2.17. The number of rotatable bonds is 4. The molecule has 0 bridgehead atoms. The van der Waals surface area contributed by atoms with Gasteiger partial charge in [-0.3, -0.25) is 4.57 Å². The van der Waals surface area contributed by atoms with E-state index < -0.39 is 18.5 Å². The predicted octanol–water partition coefficient (Wildman–Crippen LogP) is 1.02. The number of fused-ring (bicyclic) bond motifs is 1. The number of anilines is 1. The van der Waals surface area contributed by atoms with Crippen molar-refractivity contribution in [2.24, 2.45) is 0 Å². The van der Waals surface area contributed by atoms with Crippen molar-refractivity contribution in [3.63, 3.8) is 0 Å². The maximum absolute atomic E-state index is 14.1. The third-order valence-electron chi connectivity index (χ3n) is 3.88. The first-order valence-corrected chi connectivity index (χ1v) is 7.10. The van der Waals surface area contributed by atoms with Crippen LogP contribution in [0.3, 0.4) is 0 Å². The molecule has 21 heavy (non-hydrogen) atoms. The van der Waals surface area contributed by atoms with Gasteiger partial charge in [0.25, 0.3) is 0 Å². The summed E-state index contributed by atoms with van der Waals surface area (Å²) >= 11 is 0. The monoisotopic (exact) mass is 293 g/mol. The zero-order chi connectivity index (χ0) is 14.4. The van der Waals surface area contributed by atoms with Gasteiger partial charge in [0.15, 0.2) is 23.2 Å². The number of hydrogen-bond donors (Lipinski definition) is 2. The molecule has 1 aliphatic heterocycles. The molecule has 8 heteroatoms. The molecular weight excluding hydrogens is 277 g/mol. The van der Waals surface area contributed by atoms with Crippen molar-refractivity contribution in [2.75, 3.05) is 11.9 Å². The highest BCUT2D eigenvalue weighted by Gasteiger charge is 2.37. The molecule has 1 saturated heterocycles. The largest absolute Gasteiger partial charge is 0.394 e. The highest BCUT2D eigenvalue weighted by molar-refractivity contribution is 5.83. The highest BCUT2D eigenvalue weighted by Crippen LogP contribution is 2.34. The normalized spacial score (nSPS) is 29.1. The number of nitrogens with one attached hydrogen (secondary N) is 1. The summed E-state index contributed by atoms with van der Waals surface area (Å²) in [5.74, 6) is 0.674. The van der Waals surface area contributed by atoms with E-state index in [1.165, 1.54) is 12.7 Å². The lowest BCUT2D eigenvalue weighted by Gasteiger charge is -2.15. The maximum Gasteiger partial charge on any atom is 0.168 e. The summed E-state index contributed by atoms with van der Waals surface area (Å²) in [6.07, 6.45) is 2.94. The Balaban J connectivity index is 1.69. The van der Waals surface area contributed by atoms with Gasteiger partial charge in [-0.1, -0.05) is 0 Å². The average molecular weight is 293 g/mol. The van der Waals surface area contributed by atoms with Crippen molar-refractivity contribution in [3.8, 4) is 0 Å². The van der Waals surface area contributed by atoms with E-state index in [-0.39, 0.29) is 13.0 Å². The van der Waals surface area contributed by atoms with Gasteiger partial charge in [-0.05, 0) is 12.8 Å². The molecule has 2 aromatic heterocycles. The van der Waals surface area contributed by atoms with E-state index in [2.05, 4.69) is 20.3 Å². The molecule has 2 aromatic rings. The molecule has 2 N–H and O–H groups in total. The molecule has 2 fully saturated rings. The van der Waals surface area contributed by atoms with Gasteiger partial charge in [-0.2, -0.15) is 0 Å². The Morgan fingerprint density at radius 3 is 2.95 bits per heavy atom. The molecule has 2 aliphatic rings. The fourth-order valence-corrected chi connectivity index (χ4v) is 2.63. The van der Waals surface area contributed by atoms with Crippen molar-refractivity contribution in [2.45, 2.75) is 43.8 Å². The van der Waals surface area contributed by atoms with Crippen LogP contribution < -0.4 is 5.32 Å². The molecule has 3 heterocycles. The number of alkyl halides is 1. The van der Waals surface area contributed by atoms with E-state index in [1.54, 1.807) is 4.57 Å². The Morgan fingerprint density at radius 1 is 1.38 bits per heavy atom. The lowest BCUT2D eigenvalue weighted by atomic mass is 10.2. The van der Waals surface area contributed by atoms with Crippen molar-refractivity contribution in [1.29, 1.82) is 0 Å². The summed E-state index contributed by atoms with van der Waals surface area (Å²) in [5.41, 5.74) is 1.16. The van der Waals surface area contributed by atoms with Crippen molar-refractivity contribution in [1.82, 2.24) is 19.5 Å². The lowest BCUT2D eigenvalue weighted by molar-refractivity contribution is -0.0351. The number of ether oxygens (including phenoxy) is 1. The number of aliphatic hydroxyl groups is 1. The minimum atomic E-state index is -1.19. The quantitative estimate of drug-likeness (QED) is 0.875. The second-order valence-electron chi connectivity index (χ2n) is 5.55. The van der Waals surface area contributed by atoms with E-state index in [0.717, 1.165) is 12.8 Å².